The standard InChI is InChI=1S/C30H35N3O5Si/c1-19-27(39(2,3)37)26(15-16-34)38-30(19)24-9-4-5-10-25(24)33(29(30)36)18-20-7-6-8-23(17-20)32-28(35)21-11-13-22(31)14-12-21/h4-14,17,19,26-27,34,37H,15-16,18,31H2,1-3H3,(H,32,35)/t19-,26+,27-,30+/m1/s1. The van der Waals surface area contributed by atoms with Crippen molar-refractivity contribution in [3.63, 3.8) is 0 Å². The maximum Gasteiger partial charge on any atom is 0.264 e. The average Bonchev–Trinajstić information content (AvgIpc) is 3.32. The van der Waals surface area contributed by atoms with E-state index in [1.165, 1.54) is 0 Å². The Labute approximate surface area is 229 Å². The molecule has 8 nitrogen and oxygen atoms in total. The zero-order chi connectivity index (χ0) is 27.9. The van der Waals surface area contributed by atoms with E-state index < -0.39 is 20.0 Å². The minimum atomic E-state index is -2.74. The molecule has 2 aliphatic heterocycles. The molecule has 0 bridgehead atoms. The summed E-state index contributed by atoms with van der Waals surface area (Å²) in [7, 11) is -2.74. The number of aliphatic hydroxyl groups excluding tert-OH is 1. The average molecular weight is 546 g/mol. The lowest BCUT2D eigenvalue weighted by Gasteiger charge is -2.32. The molecule has 4 atom stereocenters. The van der Waals surface area contributed by atoms with Gasteiger partial charge in [0.1, 0.15) is 0 Å². The lowest BCUT2D eigenvalue weighted by atomic mass is 9.82. The molecule has 0 saturated carbocycles. The number of anilines is 3. The van der Waals surface area contributed by atoms with E-state index in [0.717, 1.165) is 16.8 Å². The first-order valence-electron chi connectivity index (χ1n) is 13.2. The van der Waals surface area contributed by atoms with Gasteiger partial charge in [-0.1, -0.05) is 37.3 Å². The minimum absolute atomic E-state index is 0.0805. The van der Waals surface area contributed by atoms with Crippen LogP contribution in [-0.4, -0.2) is 42.7 Å². The van der Waals surface area contributed by atoms with Crippen molar-refractivity contribution >= 4 is 37.2 Å². The number of aliphatic hydroxyl groups is 1. The van der Waals surface area contributed by atoms with Crippen LogP contribution in [0.1, 0.15) is 34.8 Å². The number of para-hydroxylation sites is 1. The van der Waals surface area contributed by atoms with Crippen molar-refractivity contribution in [3.8, 4) is 0 Å². The summed E-state index contributed by atoms with van der Waals surface area (Å²) in [4.78, 5) is 39.9. The Morgan fingerprint density at radius 1 is 1.10 bits per heavy atom. The van der Waals surface area contributed by atoms with E-state index in [1.807, 2.05) is 62.5 Å². The number of nitrogens with zero attached hydrogens (tertiary/aromatic N) is 1. The molecule has 3 aromatic carbocycles. The predicted octanol–water partition coefficient (Wildman–Crippen LogP) is 4.25. The third kappa shape index (κ3) is 4.76. The second kappa shape index (κ2) is 10.2. The van der Waals surface area contributed by atoms with E-state index in [2.05, 4.69) is 5.32 Å². The van der Waals surface area contributed by atoms with Crippen LogP contribution in [0.2, 0.25) is 18.6 Å². The first kappa shape index (κ1) is 27.1. The molecule has 5 rings (SSSR count). The molecule has 1 fully saturated rings. The SMILES string of the molecule is C[C@@H]1[C@@H]([Si](C)(C)O)[C@H](CCO)O[C@@]12C(=O)N(Cc1cccc(NC(=O)c3ccc(N)cc3)c1)c1ccccc12. The highest BCUT2D eigenvalue weighted by Crippen LogP contribution is 2.59. The fraction of sp³-hybridized carbons (Fsp3) is 0.333. The number of hydrogen-bond acceptors (Lipinski definition) is 6. The van der Waals surface area contributed by atoms with Crippen LogP contribution in [0.15, 0.2) is 72.8 Å². The summed E-state index contributed by atoms with van der Waals surface area (Å²) in [6.45, 7) is 5.93. The summed E-state index contributed by atoms with van der Waals surface area (Å²) in [6, 6.07) is 21.8. The summed E-state index contributed by atoms with van der Waals surface area (Å²) >= 11 is 0. The molecular formula is C30H35N3O5Si. The Balaban J connectivity index is 1.44. The van der Waals surface area contributed by atoms with Crippen LogP contribution in [0, 0.1) is 5.92 Å². The summed E-state index contributed by atoms with van der Waals surface area (Å²) < 4.78 is 6.60. The van der Waals surface area contributed by atoms with Gasteiger partial charge in [-0.25, -0.2) is 0 Å². The van der Waals surface area contributed by atoms with Crippen molar-refractivity contribution in [3.05, 3.63) is 89.5 Å². The maximum absolute atomic E-state index is 14.3. The summed E-state index contributed by atoms with van der Waals surface area (Å²) in [5, 5.41) is 12.6. The first-order valence-corrected chi connectivity index (χ1v) is 16.3. The second-order valence-electron chi connectivity index (χ2n) is 11.1. The quantitative estimate of drug-likeness (QED) is 0.260. The molecule has 2 amide bonds. The second-order valence-corrected chi connectivity index (χ2v) is 15.0. The van der Waals surface area contributed by atoms with Crippen molar-refractivity contribution in [1.82, 2.24) is 0 Å². The van der Waals surface area contributed by atoms with Gasteiger partial charge < -0.3 is 30.6 Å². The van der Waals surface area contributed by atoms with Crippen LogP contribution < -0.4 is 16.0 Å². The molecule has 2 heterocycles. The van der Waals surface area contributed by atoms with Gasteiger partial charge in [-0.3, -0.25) is 9.59 Å². The van der Waals surface area contributed by atoms with Crippen molar-refractivity contribution in [2.75, 3.05) is 22.6 Å². The molecule has 2 aliphatic rings. The molecule has 1 saturated heterocycles. The minimum Gasteiger partial charge on any atom is -0.432 e. The largest absolute Gasteiger partial charge is 0.432 e. The fourth-order valence-electron chi connectivity index (χ4n) is 6.35. The van der Waals surface area contributed by atoms with E-state index in [1.54, 1.807) is 35.2 Å². The number of fused-ring (bicyclic) bond motifs is 2. The molecule has 1 spiro atoms. The van der Waals surface area contributed by atoms with E-state index in [9.17, 15) is 19.5 Å². The topological polar surface area (TPSA) is 125 Å². The normalized spacial score (nSPS) is 24.3. The van der Waals surface area contributed by atoms with Crippen LogP contribution in [0.4, 0.5) is 17.1 Å². The predicted molar refractivity (Wildman–Crippen MR) is 154 cm³/mol. The molecule has 9 heteroatoms. The number of nitrogens with one attached hydrogen (secondary N) is 1. The molecule has 39 heavy (non-hydrogen) atoms. The molecule has 0 aliphatic carbocycles. The number of carbonyl (C=O) groups excluding carboxylic acids is 2. The van der Waals surface area contributed by atoms with Crippen molar-refractivity contribution in [2.24, 2.45) is 5.92 Å². The van der Waals surface area contributed by atoms with Gasteiger partial charge in [0.2, 0.25) is 0 Å². The highest BCUT2D eigenvalue weighted by Gasteiger charge is 2.65. The van der Waals surface area contributed by atoms with Gasteiger partial charge in [0.05, 0.1) is 18.3 Å². The Hall–Kier alpha value is -3.50. The van der Waals surface area contributed by atoms with Gasteiger partial charge in [-0.2, -0.15) is 0 Å². The zero-order valence-corrected chi connectivity index (χ0v) is 23.4. The highest BCUT2D eigenvalue weighted by molar-refractivity contribution is 6.71. The van der Waals surface area contributed by atoms with Gasteiger partial charge in [0, 0.05) is 40.6 Å². The third-order valence-electron chi connectivity index (χ3n) is 8.00. The number of benzene rings is 3. The Morgan fingerprint density at radius 3 is 2.51 bits per heavy atom. The zero-order valence-electron chi connectivity index (χ0n) is 22.4. The smallest absolute Gasteiger partial charge is 0.264 e. The van der Waals surface area contributed by atoms with E-state index in [4.69, 9.17) is 10.5 Å². The molecule has 0 radical (unpaired) electrons. The number of carbonyl (C=O) groups is 2. The van der Waals surface area contributed by atoms with Crippen molar-refractivity contribution in [1.29, 1.82) is 0 Å². The van der Waals surface area contributed by atoms with Gasteiger partial charge in [0.25, 0.3) is 11.8 Å². The number of ether oxygens (including phenoxy) is 1. The molecule has 204 valence electrons. The van der Waals surface area contributed by atoms with Gasteiger partial charge in [-0.15, -0.1) is 0 Å². The van der Waals surface area contributed by atoms with E-state index in [-0.39, 0.29) is 36.4 Å². The molecule has 5 N–H and O–H groups in total. The molecule has 0 unspecified atom stereocenters. The fourth-order valence-corrected chi connectivity index (χ4v) is 8.96. The highest BCUT2D eigenvalue weighted by atomic mass is 28.4. The molecule has 3 aromatic rings. The van der Waals surface area contributed by atoms with Crippen molar-refractivity contribution < 1.29 is 24.2 Å². The van der Waals surface area contributed by atoms with E-state index >= 15 is 0 Å². The van der Waals surface area contributed by atoms with Gasteiger partial charge in [0.15, 0.2) is 13.9 Å². The number of nitrogen functional groups attached to an aromatic ring is 1. The summed E-state index contributed by atoms with van der Waals surface area (Å²) in [5.41, 5.74) is 8.39. The Kier molecular flexibility index (Phi) is 7.11. The number of rotatable bonds is 7. The van der Waals surface area contributed by atoms with Gasteiger partial charge in [-0.05, 0) is 67.5 Å². The monoisotopic (exact) mass is 545 g/mol. The van der Waals surface area contributed by atoms with Crippen molar-refractivity contribution in [2.45, 2.75) is 50.2 Å². The van der Waals surface area contributed by atoms with Crippen LogP contribution in [-0.2, 0) is 21.7 Å². The number of nitrogens with two attached hydrogens (primary N) is 1. The van der Waals surface area contributed by atoms with E-state index in [0.29, 0.717) is 23.4 Å². The maximum atomic E-state index is 14.3. The first-order chi connectivity index (χ1) is 18.6. The lowest BCUT2D eigenvalue weighted by molar-refractivity contribution is -0.146. The Morgan fingerprint density at radius 2 is 1.82 bits per heavy atom. The number of amides is 2. The summed E-state index contributed by atoms with van der Waals surface area (Å²) in [5.74, 6) is -0.695. The van der Waals surface area contributed by atoms with Crippen LogP contribution in [0.25, 0.3) is 0 Å². The summed E-state index contributed by atoms with van der Waals surface area (Å²) in [6.07, 6.45) is -0.0561. The lowest BCUT2D eigenvalue weighted by Crippen LogP contribution is -2.46. The van der Waals surface area contributed by atoms with Crippen LogP contribution in [0.5, 0.6) is 0 Å². The molecule has 0 aromatic heterocycles. The van der Waals surface area contributed by atoms with Crippen LogP contribution >= 0.6 is 0 Å². The van der Waals surface area contributed by atoms with Crippen LogP contribution in [0.3, 0.4) is 0 Å². The molecular weight excluding hydrogens is 510 g/mol. The third-order valence-corrected chi connectivity index (χ3v) is 10.5. The number of hydrogen-bond donors (Lipinski definition) is 4. The van der Waals surface area contributed by atoms with Gasteiger partial charge >= 0.3 is 0 Å². The Bertz CT molecular complexity index is 1390.